The van der Waals surface area contributed by atoms with E-state index in [4.69, 9.17) is 9.47 Å². The Labute approximate surface area is 198 Å². The Kier molecular flexibility index (Phi) is 7.01. The maximum atomic E-state index is 12.7. The minimum absolute atomic E-state index is 0.0642. The fraction of sp³-hybridized carbons (Fsp3) is 0.304. The molecule has 0 aliphatic carbocycles. The zero-order valence-corrected chi connectivity index (χ0v) is 18.7. The summed E-state index contributed by atoms with van der Waals surface area (Å²) in [6.45, 7) is 3.96. The lowest BCUT2D eigenvalue weighted by atomic mass is 10.2. The molecule has 0 bridgehead atoms. The highest BCUT2D eigenvalue weighted by atomic mass is 19.4. The fourth-order valence-electron chi connectivity index (χ4n) is 3.50. The first-order valence-electron chi connectivity index (χ1n) is 10.7. The van der Waals surface area contributed by atoms with Crippen molar-refractivity contribution in [2.75, 3.05) is 43.1 Å². The van der Waals surface area contributed by atoms with Crippen LogP contribution in [0.1, 0.15) is 21.6 Å². The van der Waals surface area contributed by atoms with Crippen molar-refractivity contribution in [2.45, 2.75) is 13.1 Å². The first kappa shape index (κ1) is 24.2. The zero-order valence-electron chi connectivity index (χ0n) is 18.7. The molecule has 2 aromatic heterocycles. The van der Waals surface area contributed by atoms with Crippen LogP contribution in [0.5, 0.6) is 0 Å². The number of esters is 1. The number of pyridine rings is 1. The second-order valence-corrected chi connectivity index (χ2v) is 7.73. The lowest BCUT2D eigenvalue weighted by molar-refractivity contribution is -0.137. The maximum absolute atomic E-state index is 12.7. The fourth-order valence-corrected chi connectivity index (χ4v) is 3.50. The third kappa shape index (κ3) is 5.77. The number of nitrogens with zero attached hydrogens (tertiary/aromatic N) is 4. The van der Waals surface area contributed by atoms with Gasteiger partial charge in [-0.15, -0.1) is 0 Å². The van der Waals surface area contributed by atoms with Crippen molar-refractivity contribution in [1.82, 2.24) is 14.8 Å². The number of aromatic nitrogens is 3. The van der Waals surface area contributed by atoms with Crippen molar-refractivity contribution in [2.24, 2.45) is 0 Å². The van der Waals surface area contributed by atoms with E-state index in [9.17, 15) is 22.8 Å². The number of morpholine rings is 1. The SMILES string of the molecule is Cc1c(C(=O)OCC(=O)Nc2ccc(N3CCOCC3)cc2)cnn1-c1ccc(C(F)(F)F)cn1. The molecule has 0 atom stereocenters. The molecule has 0 saturated carbocycles. The lowest BCUT2D eigenvalue weighted by Gasteiger charge is -2.28. The molecule has 184 valence electrons. The number of alkyl halides is 3. The molecule has 35 heavy (non-hydrogen) atoms. The second kappa shape index (κ2) is 10.1. The van der Waals surface area contributed by atoms with Gasteiger partial charge in [-0.1, -0.05) is 0 Å². The molecule has 1 aliphatic rings. The van der Waals surface area contributed by atoms with Gasteiger partial charge < -0.3 is 19.7 Å². The van der Waals surface area contributed by atoms with Gasteiger partial charge in [0.05, 0.1) is 30.7 Å². The Hall–Kier alpha value is -3.93. The second-order valence-electron chi connectivity index (χ2n) is 7.73. The van der Waals surface area contributed by atoms with E-state index in [1.54, 1.807) is 19.1 Å². The molecule has 12 heteroatoms. The molecule has 0 radical (unpaired) electrons. The van der Waals surface area contributed by atoms with Crippen molar-refractivity contribution in [3.8, 4) is 5.82 Å². The summed E-state index contributed by atoms with van der Waals surface area (Å²) in [5.74, 6) is -1.21. The number of halogens is 3. The molecular weight excluding hydrogens is 467 g/mol. The quantitative estimate of drug-likeness (QED) is 0.531. The van der Waals surface area contributed by atoms with Crippen LogP contribution < -0.4 is 10.2 Å². The third-order valence-corrected chi connectivity index (χ3v) is 5.38. The van der Waals surface area contributed by atoms with Gasteiger partial charge in [0.25, 0.3) is 5.91 Å². The van der Waals surface area contributed by atoms with E-state index in [-0.39, 0.29) is 11.4 Å². The van der Waals surface area contributed by atoms with E-state index < -0.39 is 30.2 Å². The number of carbonyl (C=O) groups is 2. The van der Waals surface area contributed by atoms with Gasteiger partial charge in [-0.25, -0.2) is 14.5 Å². The predicted molar refractivity (Wildman–Crippen MR) is 119 cm³/mol. The van der Waals surface area contributed by atoms with Gasteiger partial charge in [-0.05, 0) is 43.3 Å². The van der Waals surface area contributed by atoms with Gasteiger partial charge in [0.1, 0.15) is 5.56 Å². The Bertz CT molecular complexity index is 1190. The first-order valence-corrected chi connectivity index (χ1v) is 10.7. The molecule has 1 aromatic carbocycles. The Morgan fingerprint density at radius 3 is 2.43 bits per heavy atom. The number of benzene rings is 1. The molecule has 1 amide bonds. The highest BCUT2D eigenvalue weighted by molar-refractivity contribution is 5.96. The molecule has 1 N–H and O–H groups in total. The van der Waals surface area contributed by atoms with Crippen molar-refractivity contribution >= 4 is 23.3 Å². The molecule has 3 heterocycles. The molecule has 0 spiro atoms. The Morgan fingerprint density at radius 2 is 1.80 bits per heavy atom. The first-order chi connectivity index (χ1) is 16.7. The molecule has 1 aliphatic heterocycles. The number of carbonyl (C=O) groups excluding carboxylic acids is 2. The van der Waals surface area contributed by atoms with Gasteiger partial charge in [-0.3, -0.25) is 4.79 Å². The molecule has 4 rings (SSSR count). The molecular formula is C23H22F3N5O4. The van der Waals surface area contributed by atoms with Gasteiger partial charge in [0, 0.05) is 30.7 Å². The number of amides is 1. The number of hydrogen-bond acceptors (Lipinski definition) is 7. The summed E-state index contributed by atoms with van der Waals surface area (Å²) in [5.41, 5.74) is 1.05. The number of hydrogen-bond donors (Lipinski definition) is 1. The van der Waals surface area contributed by atoms with E-state index in [0.717, 1.165) is 30.9 Å². The van der Waals surface area contributed by atoms with Crippen LogP contribution in [0.15, 0.2) is 48.8 Å². The van der Waals surface area contributed by atoms with Crippen LogP contribution in [0.2, 0.25) is 0 Å². The van der Waals surface area contributed by atoms with E-state index in [2.05, 4.69) is 20.3 Å². The summed E-state index contributed by atoms with van der Waals surface area (Å²) < 4.78 is 49.8. The van der Waals surface area contributed by atoms with Crippen LogP contribution in [0, 0.1) is 6.92 Å². The Morgan fingerprint density at radius 1 is 1.09 bits per heavy atom. The largest absolute Gasteiger partial charge is 0.452 e. The topological polar surface area (TPSA) is 98.6 Å². The van der Waals surface area contributed by atoms with Crippen LogP contribution in [-0.4, -0.2) is 59.6 Å². The minimum atomic E-state index is -4.51. The summed E-state index contributed by atoms with van der Waals surface area (Å²) in [4.78, 5) is 30.6. The average molecular weight is 489 g/mol. The Balaban J connectivity index is 1.32. The van der Waals surface area contributed by atoms with Gasteiger partial charge in [0.2, 0.25) is 0 Å². The van der Waals surface area contributed by atoms with Gasteiger partial charge in [0.15, 0.2) is 12.4 Å². The summed E-state index contributed by atoms with van der Waals surface area (Å²) in [6.07, 6.45) is -2.61. The summed E-state index contributed by atoms with van der Waals surface area (Å²) in [7, 11) is 0. The van der Waals surface area contributed by atoms with Crippen LogP contribution in [0.3, 0.4) is 0 Å². The smallest absolute Gasteiger partial charge is 0.417 e. The van der Waals surface area contributed by atoms with Gasteiger partial charge in [-0.2, -0.15) is 18.3 Å². The molecule has 0 unspecified atom stereocenters. The van der Waals surface area contributed by atoms with E-state index >= 15 is 0 Å². The molecule has 3 aromatic rings. The highest BCUT2D eigenvalue weighted by Crippen LogP contribution is 2.29. The predicted octanol–water partition coefficient (Wildman–Crippen LogP) is 3.23. The summed E-state index contributed by atoms with van der Waals surface area (Å²) in [5, 5.41) is 6.66. The highest BCUT2D eigenvalue weighted by Gasteiger charge is 2.31. The summed E-state index contributed by atoms with van der Waals surface area (Å²) >= 11 is 0. The third-order valence-electron chi connectivity index (χ3n) is 5.38. The number of anilines is 2. The van der Waals surface area contributed by atoms with Crippen molar-refractivity contribution in [3.63, 3.8) is 0 Å². The zero-order chi connectivity index (χ0) is 25.0. The van der Waals surface area contributed by atoms with Crippen LogP contribution in [0.25, 0.3) is 5.82 Å². The van der Waals surface area contributed by atoms with Crippen molar-refractivity contribution in [1.29, 1.82) is 0 Å². The standard InChI is InChI=1S/C23H22F3N5O4/c1-15-19(13-28-31(15)20-7-2-16(12-27-20)23(24,25)26)22(33)35-14-21(32)29-17-3-5-18(6-4-17)30-8-10-34-11-9-30/h2-7,12-13H,8-11,14H2,1H3,(H,29,32). The van der Waals surface area contributed by atoms with E-state index in [1.165, 1.54) is 10.9 Å². The van der Waals surface area contributed by atoms with Crippen LogP contribution in [-0.2, 0) is 20.4 Å². The summed E-state index contributed by atoms with van der Waals surface area (Å²) in [6, 6.07) is 9.32. The molecule has 9 nitrogen and oxygen atoms in total. The average Bonchev–Trinajstić information content (AvgIpc) is 3.24. The van der Waals surface area contributed by atoms with Crippen LogP contribution in [0.4, 0.5) is 24.5 Å². The van der Waals surface area contributed by atoms with E-state index in [0.29, 0.717) is 30.8 Å². The monoisotopic (exact) mass is 489 g/mol. The van der Waals surface area contributed by atoms with Gasteiger partial charge >= 0.3 is 12.1 Å². The molecule has 1 fully saturated rings. The molecule has 1 saturated heterocycles. The normalized spacial score (nSPS) is 14.0. The van der Waals surface area contributed by atoms with Crippen molar-refractivity contribution in [3.05, 3.63) is 65.6 Å². The van der Waals surface area contributed by atoms with Crippen LogP contribution >= 0.6 is 0 Å². The number of rotatable bonds is 6. The maximum Gasteiger partial charge on any atom is 0.417 e. The van der Waals surface area contributed by atoms with E-state index in [1.807, 2.05) is 12.1 Å². The number of ether oxygens (including phenoxy) is 2. The lowest BCUT2D eigenvalue weighted by Crippen LogP contribution is -2.36. The minimum Gasteiger partial charge on any atom is -0.452 e. The number of nitrogens with one attached hydrogen (secondary N) is 1. The van der Waals surface area contributed by atoms with Crippen molar-refractivity contribution < 1.29 is 32.2 Å².